The first-order valence-corrected chi connectivity index (χ1v) is 20.7. The summed E-state index contributed by atoms with van der Waals surface area (Å²) in [6, 6.07) is 19.7. The number of thioether (sulfide) groups is 1. The molecule has 0 aliphatic carbocycles. The first-order chi connectivity index (χ1) is 18.2. The molecule has 0 N–H and O–H groups in total. The number of hydrogen-bond donors (Lipinski definition) is 0. The van der Waals surface area contributed by atoms with Crippen LogP contribution in [0.4, 0.5) is 11.4 Å². The Bertz CT molecular complexity index is 1350. The van der Waals surface area contributed by atoms with Crippen LogP contribution < -0.4 is 9.80 Å². The molecule has 0 aromatic heterocycles. The van der Waals surface area contributed by atoms with Crippen LogP contribution in [-0.4, -0.2) is 21.4 Å². The fourth-order valence-electron chi connectivity index (χ4n) is 5.61. The Morgan fingerprint density at radius 3 is 1.68 bits per heavy atom. The van der Waals surface area contributed by atoms with Crippen molar-refractivity contribution >= 4 is 50.8 Å². The molecule has 0 spiro atoms. The van der Waals surface area contributed by atoms with Gasteiger partial charge in [-0.05, 0) is 0 Å². The van der Waals surface area contributed by atoms with Gasteiger partial charge in [-0.2, -0.15) is 0 Å². The van der Waals surface area contributed by atoms with Gasteiger partial charge in [-0.3, -0.25) is 0 Å². The Labute approximate surface area is 244 Å². The molecule has 2 nitrogen and oxygen atoms in total. The van der Waals surface area contributed by atoms with E-state index in [4.69, 9.17) is 19.4 Å². The van der Waals surface area contributed by atoms with E-state index in [0.29, 0.717) is 0 Å². The molecule has 0 amide bonds. The third-order valence-electron chi connectivity index (χ3n) is 6.84. The van der Waals surface area contributed by atoms with E-state index in [1.165, 1.54) is 44.8 Å². The number of aryl methyl sites for hydroxylation is 6. The molecule has 38 heavy (non-hydrogen) atoms. The van der Waals surface area contributed by atoms with Crippen molar-refractivity contribution in [2.75, 3.05) is 22.9 Å². The molecule has 3 aromatic rings. The maximum atomic E-state index is 7.55. The van der Waals surface area contributed by atoms with Gasteiger partial charge in [-0.25, -0.2) is 0 Å². The van der Waals surface area contributed by atoms with Crippen molar-refractivity contribution in [3.8, 4) is 0 Å². The molecule has 0 unspecified atom stereocenters. The monoisotopic (exact) mass is 656 g/mol. The van der Waals surface area contributed by atoms with E-state index in [9.17, 15) is 0 Å². The Hall–Kier alpha value is -1.45. The van der Waals surface area contributed by atoms with Crippen LogP contribution in [0.3, 0.4) is 0 Å². The molecule has 3 aromatic carbocycles. The summed E-state index contributed by atoms with van der Waals surface area (Å²) >= 11 is -1.81. The molecule has 0 atom stereocenters. The van der Waals surface area contributed by atoms with Gasteiger partial charge in [0.25, 0.3) is 0 Å². The first kappa shape index (κ1) is 29.5. The summed E-state index contributed by atoms with van der Waals surface area (Å²) in [5, 5.41) is 0. The van der Waals surface area contributed by atoms with E-state index in [1.807, 2.05) is 6.07 Å². The Morgan fingerprint density at radius 1 is 0.763 bits per heavy atom. The van der Waals surface area contributed by atoms with Crippen LogP contribution in [0.2, 0.25) is 0 Å². The van der Waals surface area contributed by atoms with Crippen LogP contribution in [0.15, 0.2) is 59.5 Å². The SMILES string of the molecule is CCCc1cc(C)cc(C)c1N1CCN(c2c(C)cc(C)cc2CCC)[C]1=[Ru]([Cl])([Cl])=[CH]Sc1ccccc1. The van der Waals surface area contributed by atoms with E-state index in [1.54, 1.807) is 11.8 Å². The van der Waals surface area contributed by atoms with Crippen LogP contribution in [0.25, 0.3) is 0 Å². The molecule has 1 aliphatic rings. The normalized spacial score (nSPS) is 14.4. The maximum absolute atomic E-state index is 7.55. The van der Waals surface area contributed by atoms with Crippen molar-refractivity contribution in [2.24, 2.45) is 0 Å². The topological polar surface area (TPSA) is 6.48 Å². The predicted octanol–water partition coefficient (Wildman–Crippen LogP) is 9.25. The Kier molecular flexibility index (Phi) is 9.96. The summed E-state index contributed by atoms with van der Waals surface area (Å²) in [6.07, 6.45) is 4.28. The zero-order valence-electron chi connectivity index (χ0n) is 23.4. The molecule has 206 valence electrons. The summed E-state index contributed by atoms with van der Waals surface area (Å²) in [5.74, 6) is 0. The molecular weight excluding hydrogens is 616 g/mol. The van der Waals surface area contributed by atoms with Crippen LogP contribution in [0.1, 0.15) is 60.1 Å². The fraction of sp³-hybridized carbons (Fsp3) is 0.375. The quantitative estimate of drug-likeness (QED) is 0.176. The van der Waals surface area contributed by atoms with E-state index >= 15 is 0 Å². The van der Waals surface area contributed by atoms with Gasteiger partial charge in [0.15, 0.2) is 0 Å². The zero-order valence-corrected chi connectivity index (χ0v) is 27.5. The van der Waals surface area contributed by atoms with Crippen molar-refractivity contribution in [3.05, 3.63) is 88.0 Å². The molecular formula is C32H40Cl2N2RuS. The zero-order chi connectivity index (χ0) is 27.4. The summed E-state index contributed by atoms with van der Waals surface area (Å²) in [6.45, 7) is 15.1. The van der Waals surface area contributed by atoms with Crippen molar-refractivity contribution in [2.45, 2.75) is 72.1 Å². The van der Waals surface area contributed by atoms with Crippen molar-refractivity contribution in [1.82, 2.24) is 0 Å². The fourth-order valence-corrected chi connectivity index (χ4v) is 13.1. The molecule has 1 fully saturated rings. The van der Waals surface area contributed by atoms with Gasteiger partial charge in [0.2, 0.25) is 0 Å². The second-order valence-corrected chi connectivity index (χ2v) is 21.0. The average molecular weight is 657 g/mol. The predicted molar refractivity (Wildman–Crippen MR) is 170 cm³/mol. The van der Waals surface area contributed by atoms with E-state index < -0.39 is 11.9 Å². The van der Waals surface area contributed by atoms with Crippen molar-refractivity contribution in [1.29, 1.82) is 0 Å². The molecule has 0 bridgehead atoms. The van der Waals surface area contributed by atoms with Crippen LogP contribution >= 0.6 is 31.1 Å². The number of halogens is 2. The van der Waals surface area contributed by atoms with E-state index in [-0.39, 0.29) is 0 Å². The summed E-state index contributed by atoms with van der Waals surface area (Å²) in [7, 11) is 15.1. The molecule has 0 saturated carbocycles. The van der Waals surface area contributed by atoms with E-state index in [2.05, 4.69) is 104 Å². The third kappa shape index (κ3) is 6.47. The average Bonchev–Trinajstić information content (AvgIpc) is 3.28. The van der Waals surface area contributed by atoms with Crippen molar-refractivity contribution in [3.63, 3.8) is 0 Å². The Morgan fingerprint density at radius 2 is 1.24 bits per heavy atom. The van der Waals surface area contributed by atoms with Crippen LogP contribution in [0.5, 0.6) is 0 Å². The minimum atomic E-state index is -3.47. The number of nitrogens with zero attached hydrogens (tertiary/aromatic N) is 2. The second-order valence-electron chi connectivity index (χ2n) is 10.2. The molecule has 1 heterocycles. The summed E-state index contributed by atoms with van der Waals surface area (Å²) < 4.78 is 3.25. The van der Waals surface area contributed by atoms with Gasteiger partial charge in [0, 0.05) is 0 Å². The molecule has 1 aliphatic heterocycles. The van der Waals surface area contributed by atoms with Crippen LogP contribution in [-0.2, 0) is 24.7 Å². The van der Waals surface area contributed by atoms with Crippen molar-refractivity contribution < 1.29 is 11.9 Å². The van der Waals surface area contributed by atoms with Gasteiger partial charge in [-0.1, -0.05) is 0 Å². The standard InChI is InChI=1S/C25H34N2.C7H6S.2ClH.Ru/c1-7-9-22-15-18(3)13-20(5)24(22)26-11-12-27(17-26)25-21(6)14-19(4)16-23(25)10-8-2;1-8-7-5-3-2-4-6-7;;;/h13-16H,7-12H2,1-6H3;1-6H;2*1H;/q;;;;+2/p-2. The van der Waals surface area contributed by atoms with Gasteiger partial charge in [0.1, 0.15) is 0 Å². The number of benzene rings is 3. The minimum absolute atomic E-state index is 0.876. The number of rotatable bonds is 8. The number of anilines is 2. The molecule has 6 heteroatoms. The molecule has 4 rings (SSSR count). The third-order valence-corrected chi connectivity index (χ3v) is 15.5. The van der Waals surface area contributed by atoms with Gasteiger partial charge in [-0.15, -0.1) is 0 Å². The van der Waals surface area contributed by atoms with Gasteiger partial charge < -0.3 is 0 Å². The molecule has 1 saturated heterocycles. The van der Waals surface area contributed by atoms with Crippen LogP contribution in [0, 0.1) is 27.7 Å². The summed E-state index contributed by atoms with van der Waals surface area (Å²) in [4.78, 5) is 6.11. The first-order valence-electron chi connectivity index (χ1n) is 13.5. The summed E-state index contributed by atoms with van der Waals surface area (Å²) in [5.41, 5.74) is 10.6. The Balaban J connectivity index is 1.98. The second kappa shape index (κ2) is 12.8. The van der Waals surface area contributed by atoms with Gasteiger partial charge >= 0.3 is 246 Å². The van der Waals surface area contributed by atoms with E-state index in [0.717, 1.165) is 48.0 Å². The number of hydrogen-bond acceptors (Lipinski definition) is 3. The van der Waals surface area contributed by atoms with Gasteiger partial charge in [0.05, 0.1) is 0 Å². The molecule has 0 radical (unpaired) electrons.